The van der Waals surface area contributed by atoms with E-state index in [9.17, 15) is 4.79 Å². The largest absolute Gasteiger partial charge is 0.323 e. The number of aryl methyl sites for hydroxylation is 2. The molecule has 0 bridgehead atoms. The van der Waals surface area contributed by atoms with Gasteiger partial charge in [-0.1, -0.05) is 0 Å². The Balaban J connectivity index is 0.00000200. The number of rotatable bonds is 3. The molecule has 2 rings (SSSR count). The van der Waals surface area contributed by atoms with Crippen LogP contribution in [0.4, 0.5) is 5.69 Å². The lowest BCUT2D eigenvalue weighted by molar-refractivity contribution is -0.117. The van der Waals surface area contributed by atoms with Gasteiger partial charge >= 0.3 is 0 Å². The Morgan fingerprint density at radius 3 is 2.43 bits per heavy atom. The van der Waals surface area contributed by atoms with E-state index >= 15 is 0 Å². The number of pyridine rings is 1. The Hall–Kier alpha value is -1.63. The molecule has 0 spiro atoms. The topological polar surface area (TPSA) is 85.8 Å². The van der Waals surface area contributed by atoms with E-state index in [2.05, 4.69) is 15.4 Å². The molecule has 0 aliphatic rings. The summed E-state index contributed by atoms with van der Waals surface area (Å²) in [4.78, 5) is 15.7. The fraction of sp³-hybridized carbons (Fsp3) is 0.308. The quantitative estimate of drug-likeness (QED) is 0.900. The second kappa shape index (κ2) is 7.97. The van der Waals surface area contributed by atoms with Crippen molar-refractivity contribution in [3.8, 4) is 5.82 Å². The monoisotopic (exact) mass is 331 g/mol. The van der Waals surface area contributed by atoms with Crippen molar-refractivity contribution in [3.63, 3.8) is 0 Å². The standard InChI is InChI=1S/C13H17N5O.2ClH/c1-8-6-9(2)18(17-8)12-5-4-11(7-15-12)16-13(19)10(3)14;;/h4-7,10H,14H2,1-3H3,(H,16,19);2*1H/t10-;;/m1../s1. The molecule has 0 aliphatic carbocycles. The molecule has 0 aromatic carbocycles. The zero-order valence-electron chi connectivity index (χ0n) is 12.0. The van der Waals surface area contributed by atoms with Gasteiger partial charge in [0.15, 0.2) is 5.82 Å². The molecule has 0 fully saturated rings. The average molecular weight is 332 g/mol. The molecule has 2 heterocycles. The highest BCUT2D eigenvalue weighted by molar-refractivity contribution is 5.94. The van der Waals surface area contributed by atoms with Crippen LogP contribution in [0, 0.1) is 13.8 Å². The number of anilines is 1. The third-order valence-corrected chi connectivity index (χ3v) is 2.66. The third-order valence-electron chi connectivity index (χ3n) is 2.66. The zero-order chi connectivity index (χ0) is 14.0. The number of carbonyl (C=O) groups is 1. The van der Waals surface area contributed by atoms with Crippen LogP contribution in [0.5, 0.6) is 0 Å². The van der Waals surface area contributed by atoms with Crippen LogP contribution in [-0.4, -0.2) is 26.7 Å². The summed E-state index contributed by atoms with van der Waals surface area (Å²) in [5.41, 5.74) is 8.05. The van der Waals surface area contributed by atoms with Crippen molar-refractivity contribution in [3.05, 3.63) is 35.8 Å². The molecule has 2 aromatic heterocycles. The van der Waals surface area contributed by atoms with Gasteiger partial charge in [-0.3, -0.25) is 4.79 Å². The summed E-state index contributed by atoms with van der Waals surface area (Å²) in [5, 5.41) is 7.03. The number of nitrogens with zero attached hydrogens (tertiary/aromatic N) is 3. The van der Waals surface area contributed by atoms with E-state index in [-0.39, 0.29) is 30.7 Å². The van der Waals surface area contributed by atoms with Gasteiger partial charge in [-0.2, -0.15) is 5.10 Å². The van der Waals surface area contributed by atoms with Gasteiger partial charge in [-0.05, 0) is 39.0 Å². The number of aromatic nitrogens is 3. The molecule has 116 valence electrons. The van der Waals surface area contributed by atoms with Crippen LogP contribution in [0.2, 0.25) is 0 Å². The van der Waals surface area contributed by atoms with Gasteiger partial charge < -0.3 is 11.1 Å². The van der Waals surface area contributed by atoms with E-state index in [0.717, 1.165) is 11.4 Å². The predicted molar refractivity (Wildman–Crippen MR) is 87.6 cm³/mol. The molecule has 6 nitrogen and oxygen atoms in total. The molecule has 0 unspecified atom stereocenters. The van der Waals surface area contributed by atoms with Crippen molar-refractivity contribution in [1.82, 2.24) is 14.8 Å². The lowest BCUT2D eigenvalue weighted by atomic mass is 10.3. The summed E-state index contributed by atoms with van der Waals surface area (Å²) < 4.78 is 1.76. The first-order valence-corrected chi connectivity index (χ1v) is 6.03. The van der Waals surface area contributed by atoms with E-state index in [4.69, 9.17) is 5.73 Å². The van der Waals surface area contributed by atoms with E-state index in [1.54, 1.807) is 29.9 Å². The highest BCUT2D eigenvalue weighted by atomic mass is 35.5. The van der Waals surface area contributed by atoms with Gasteiger partial charge in [0.05, 0.1) is 23.6 Å². The van der Waals surface area contributed by atoms with Crippen LogP contribution in [0.15, 0.2) is 24.4 Å². The van der Waals surface area contributed by atoms with E-state index in [1.165, 1.54) is 0 Å². The SMILES string of the molecule is Cc1cc(C)n(-c2ccc(NC(=O)[C@@H](C)N)cn2)n1.Cl.Cl. The fourth-order valence-corrected chi connectivity index (χ4v) is 1.70. The van der Waals surface area contributed by atoms with Crippen LogP contribution in [0.1, 0.15) is 18.3 Å². The number of amides is 1. The summed E-state index contributed by atoms with van der Waals surface area (Å²) in [7, 11) is 0. The first kappa shape index (κ1) is 19.4. The number of nitrogens with two attached hydrogens (primary N) is 1. The second-order valence-corrected chi connectivity index (χ2v) is 4.52. The van der Waals surface area contributed by atoms with Gasteiger partial charge in [0, 0.05) is 5.69 Å². The molecule has 1 amide bonds. The average Bonchev–Trinajstić information content (AvgIpc) is 2.69. The Bertz CT molecular complexity index is 595. The van der Waals surface area contributed by atoms with Gasteiger partial charge in [0.2, 0.25) is 5.91 Å². The van der Waals surface area contributed by atoms with Crippen molar-refractivity contribution in [2.45, 2.75) is 26.8 Å². The molecule has 2 aromatic rings. The first-order valence-electron chi connectivity index (χ1n) is 6.03. The van der Waals surface area contributed by atoms with Crippen LogP contribution >= 0.6 is 24.8 Å². The van der Waals surface area contributed by atoms with E-state index < -0.39 is 6.04 Å². The maximum Gasteiger partial charge on any atom is 0.241 e. The number of nitrogens with one attached hydrogen (secondary N) is 1. The van der Waals surface area contributed by atoms with Crippen molar-refractivity contribution in [1.29, 1.82) is 0 Å². The molecule has 0 saturated heterocycles. The minimum absolute atomic E-state index is 0. The summed E-state index contributed by atoms with van der Waals surface area (Å²) in [5.74, 6) is 0.477. The molecule has 1 atom stereocenters. The lowest BCUT2D eigenvalue weighted by Crippen LogP contribution is -2.32. The highest BCUT2D eigenvalue weighted by Crippen LogP contribution is 2.12. The highest BCUT2D eigenvalue weighted by Gasteiger charge is 2.08. The molecular weight excluding hydrogens is 313 g/mol. The summed E-state index contributed by atoms with van der Waals surface area (Å²) in [6, 6.07) is 5.01. The van der Waals surface area contributed by atoms with Crippen molar-refractivity contribution in [2.24, 2.45) is 5.73 Å². The van der Waals surface area contributed by atoms with Crippen LogP contribution in [0.3, 0.4) is 0 Å². The third kappa shape index (κ3) is 4.70. The molecule has 8 heteroatoms. The molecular formula is C13H19Cl2N5O. The second-order valence-electron chi connectivity index (χ2n) is 4.52. The number of carbonyl (C=O) groups excluding carboxylic acids is 1. The van der Waals surface area contributed by atoms with Gasteiger partial charge in [-0.25, -0.2) is 9.67 Å². The molecule has 0 aliphatic heterocycles. The molecule has 3 N–H and O–H groups in total. The van der Waals surface area contributed by atoms with Crippen molar-refractivity contribution >= 4 is 36.4 Å². The number of hydrogen-bond acceptors (Lipinski definition) is 4. The van der Waals surface area contributed by atoms with Crippen molar-refractivity contribution in [2.75, 3.05) is 5.32 Å². The van der Waals surface area contributed by atoms with Gasteiger partial charge in [-0.15, -0.1) is 24.8 Å². The van der Waals surface area contributed by atoms with Crippen LogP contribution in [-0.2, 0) is 4.79 Å². The van der Waals surface area contributed by atoms with Crippen LogP contribution < -0.4 is 11.1 Å². The van der Waals surface area contributed by atoms with E-state index in [1.807, 2.05) is 19.9 Å². The van der Waals surface area contributed by atoms with Gasteiger partial charge in [0.1, 0.15) is 0 Å². The number of halogens is 2. The van der Waals surface area contributed by atoms with Crippen molar-refractivity contribution < 1.29 is 4.79 Å². The molecule has 0 radical (unpaired) electrons. The predicted octanol–water partition coefficient (Wildman–Crippen LogP) is 2.01. The number of hydrogen-bond donors (Lipinski definition) is 2. The first-order chi connectivity index (χ1) is 8.97. The molecule has 21 heavy (non-hydrogen) atoms. The fourth-order valence-electron chi connectivity index (χ4n) is 1.70. The van der Waals surface area contributed by atoms with E-state index in [0.29, 0.717) is 11.5 Å². The van der Waals surface area contributed by atoms with Crippen LogP contribution in [0.25, 0.3) is 5.82 Å². The molecule has 0 saturated carbocycles. The summed E-state index contributed by atoms with van der Waals surface area (Å²) >= 11 is 0. The Labute approximate surface area is 135 Å². The summed E-state index contributed by atoms with van der Waals surface area (Å²) in [6.45, 7) is 5.53. The minimum atomic E-state index is -0.546. The van der Waals surface area contributed by atoms with Gasteiger partial charge in [0.25, 0.3) is 0 Å². The lowest BCUT2D eigenvalue weighted by Gasteiger charge is -2.08. The maximum atomic E-state index is 11.4. The smallest absolute Gasteiger partial charge is 0.241 e. The minimum Gasteiger partial charge on any atom is -0.323 e. The normalized spacial score (nSPS) is 11.0. The Kier molecular flexibility index (Phi) is 7.35. The maximum absolute atomic E-state index is 11.4. The summed E-state index contributed by atoms with van der Waals surface area (Å²) in [6.07, 6.45) is 1.59. The zero-order valence-corrected chi connectivity index (χ0v) is 13.7. The Morgan fingerprint density at radius 1 is 1.33 bits per heavy atom. The Morgan fingerprint density at radius 2 is 2.00 bits per heavy atom.